The van der Waals surface area contributed by atoms with Crippen LogP contribution < -0.4 is 5.69 Å². The largest absolute Gasteiger partial charge is 0.456 e. The fourth-order valence-corrected chi connectivity index (χ4v) is 7.50. The van der Waals surface area contributed by atoms with E-state index in [-0.39, 0.29) is 5.69 Å². The molecule has 10 aromatic rings. The molecule has 0 saturated heterocycles. The molecule has 0 bridgehead atoms. The molecule has 0 fully saturated rings. The van der Waals surface area contributed by atoms with Crippen molar-refractivity contribution < 1.29 is 4.42 Å². The Balaban J connectivity index is 1.08. The molecule has 0 aliphatic carbocycles. The summed E-state index contributed by atoms with van der Waals surface area (Å²) >= 11 is 0. The Morgan fingerprint density at radius 3 is 1.85 bits per heavy atom. The number of aryl methyl sites for hydroxylation is 2. The summed E-state index contributed by atoms with van der Waals surface area (Å²) in [6.07, 6.45) is 0. The molecule has 3 aromatic heterocycles. The Hall–Kier alpha value is -7.12. The highest BCUT2D eigenvalue weighted by molar-refractivity contribution is 6.22. The van der Waals surface area contributed by atoms with Crippen molar-refractivity contribution >= 4 is 43.7 Å². The summed E-state index contributed by atoms with van der Waals surface area (Å²) in [5.41, 5.74) is 10.3. The quantitative estimate of drug-likeness (QED) is 0.180. The Morgan fingerprint density at radius 1 is 0.453 bits per heavy atom. The number of hydrogen-bond donors (Lipinski definition) is 0. The summed E-state index contributed by atoms with van der Waals surface area (Å²) in [7, 11) is 3.60. The van der Waals surface area contributed by atoms with Gasteiger partial charge in [0, 0.05) is 41.6 Å². The molecule has 0 radical (unpaired) electrons. The average Bonchev–Trinajstić information content (AvgIpc) is 3.72. The van der Waals surface area contributed by atoms with Crippen LogP contribution in [0.1, 0.15) is 0 Å². The minimum Gasteiger partial charge on any atom is -0.456 e. The Kier molecular flexibility index (Phi) is 6.94. The molecule has 7 heteroatoms. The Labute approximate surface area is 304 Å². The van der Waals surface area contributed by atoms with Crippen molar-refractivity contribution in [2.45, 2.75) is 0 Å². The molecule has 252 valence electrons. The fourth-order valence-electron chi connectivity index (χ4n) is 7.50. The molecular weight excluding hydrogens is 655 g/mol. The molecule has 53 heavy (non-hydrogen) atoms. The number of nitrogens with zero attached hydrogens (tertiary/aromatic N) is 5. The minimum absolute atomic E-state index is 0.0502. The number of fused-ring (bicyclic) bond motifs is 6. The Bertz CT molecular complexity index is 3100. The van der Waals surface area contributed by atoms with Crippen LogP contribution in [-0.2, 0) is 14.1 Å². The van der Waals surface area contributed by atoms with Crippen molar-refractivity contribution in [2.75, 3.05) is 0 Å². The molecule has 0 N–H and O–H groups in total. The van der Waals surface area contributed by atoms with Crippen molar-refractivity contribution in [3.8, 4) is 56.4 Å². The number of imidazole rings is 1. The van der Waals surface area contributed by atoms with Gasteiger partial charge in [-0.05, 0) is 63.4 Å². The summed E-state index contributed by atoms with van der Waals surface area (Å²) in [4.78, 5) is 27.6. The van der Waals surface area contributed by atoms with E-state index < -0.39 is 0 Å². The van der Waals surface area contributed by atoms with E-state index in [1.807, 2.05) is 66.7 Å². The highest BCUT2D eigenvalue weighted by Gasteiger charge is 2.17. The van der Waals surface area contributed by atoms with Gasteiger partial charge in [0.05, 0.1) is 11.0 Å². The maximum atomic E-state index is 12.6. The van der Waals surface area contributed by atoms with Crippen LogP contribution in [0.25, 0.3) is 100 Å². The Morgan fingerprint density at radius 2 is 1.04 bits per heavy atom. The number of rotatable bonds is 5. The predicted octanol–water partition coefficient (Wildman–Crippen LogP) is 10.4. The molecule has 10 rings (SSSR count). The van der Waals surface area contributed by atoms with Crippen LogP contribution in [0.3, 0.4) is 0 Å². The fraction of sp³-hybridized carbons (Fsp3) is 0.0435. The summed E-state index contributed by atoms with van der Waals surface area (Å²) in [6, 6.07) is 51.6. The molecule has 7 aromatic carbocycles. The van der Waals surface area contributed by atoms with E-state index in [2.05, 4.69) is 84.9 Å². The monoisotopic (exact) mass is 685 g/mol. The van der Waals surface area contributed by atoms with Crippen LogP contribution in [0.5, 0.6) is 0 Å². The summed E-state index contributed by atoms with van der Waals surface area (Å²) < 4.78 is 9.70. The third kappa shape index (κ3) is 5.05. The molecule has 0 atom stereocenters. The first-order valence-electron chi connectivity index (χ1n) is 17.5. The molecule has 0 amide bonds. The molecule has 0 saturated carbocycles. The highest BCUT2D eigenvalue weighted by atomic mass is 16.3. The second kappa shape index (κ2) is 12.0. The van der Waals surface area contributed by atoms with E-state index in [1.54, 1.807) is 23.2 Å². The van der Waals surface area contributed by atoms with Gasteiger partial charge in [-0.2, -0.15) is 0 Å². The van der Waals surface area contributed by atoms with Gasteiger partial charge in [-0.3, -0.25) is 9.13 Å². The standard InChI is InChI=1S/C46H31N5O2/c1-50-37-24-22-33(27-38(37)51(2)46(50)52)32-13-8-14-34(26-32)45-48-43(30-11-4-3-5-12-30)47-44(49-45)31-20-18-29(19-21-31)36-16-9-17-39-41(36)42-35-15-7-6-10-28(35)23-25-40(42)53-39/h3-27H,1-2H3. The lowest BCUT2D eigenvalue weighted by atomic mass is 9.96. The van der Waals surface area contributed by atoms with Gasteiger partial charge in [0.15, 0.2) is 17.5 Å². The predicted molar refractivity (Wildman–Crippen MR) is 214 cm³/mol. The van der Waals surface area contributed by atoms with Crippen molar-refractivity contribution in [2.24, 2.45) is 14.1 Å². The first kappa shape index (κ1) is 30.7. The second-order valence-corrected chi connectivity index (χ2v) is 13.4. The summed E-state index contributed by atoms with van der Waals surface area (Å²) in [6.45, 7) is 0. The molecule has 7 nitrogen and oxygen atoms in total. The van der Waals surface area contributed by atoms with Crippen molar-refractivity contribution in [1.82, 2.24) is 24.1 Å². The lowest BCUT2D eigenvalue weighted by molar-refractivity contribution is 0.669. The normalized spacial score (nSPS) is 11.7. The lowest BCUT2D eigenvalue weighted by Gasteiger charge is -2.11. The first-order chi connectivity index (χ1) is 26.0. The highest BCUT2D eigenvalue weighted by Crippen LogP contribution is 2.40. The maximum Gasteiger partial charge on any atom is 0.328 e. The molecule has 0 unspecified atom stereocenters. The third-order valence-electron chi connectivity index (χ3n) is 10.2. The van der Waals surface area contributed by atoms with Gasteiger partial charge >= 0.3 is 5.69 Å². The molecule has 0 aliphatic heterocycles. The van der Waals surface area contributed by atoms with E-state index in [4.69, 9.17) is 19.4 Å². The van der Waals surface area contributed by atoms with E-state index in [0.29, 0.717) is 17.5 Å². The van der Waals surface area contributed by atoms with Gasteiger partial charge in [0.25, 0.3) is 0 Å². The first-order valence-corrected chi connectivity index (χ1v) is 17.5. The van der Waals surface area contributed by atoms with Gasteiger partial charge in [-0.15, -0.1) is 0 Å². The molecule has 0 aliphatic rings. The zero-order valence-electron chi connectivity index (χ0n) is 29.0. The number of benzene rings is 7. The van der Waals surface area contributed by atoms with Crippen LogP contribution in [0, 0.1) is 0 Å². The van der Waals surface area contributed by atoms with Gasteiger partial charge in [0.1, 0.15) is 11.2 Å². The van der Waals surface area contributed by atoms with E-state index >= 15 is 0 Å². The van der Waals surface area contributed by atoms with Crippen LogP contribution in [-0.4, -0.2) is 24.1 Å². The molecule has 0 spiro atoms. The number of aromatic nitrogens is 5. The second-order valence-electron chi connectivity index (χ2n) is 13.4. The minimum atomic E-state index is -0.0502. The zero-order chi connectivity index (χ0) is 35.6. The van der Waals surface area contributed by atoms with Crippen LogP contribution in [0.2, 0.25) is 0 Å². The average molecular weight is 686 g/mol. The number of hydrogen-bond acceptors (Lipinski definition) is 5. The van der Waals surface area contributed by atoms with E-state index in [9.17, 15) is 4.79 Å². The van der Waals surface area contributed by atoms with E-state index in [0.717, 1.165) is 71.9 Å². The maximum absolute atomic E-state index is 12.6. The number of furan rings is 1. The SMILES string of the molecule is Cn1c(=O)n(C)c2cc(-c3cccc(-c4nc(-c5ccccc5)nc(-c5ccc(-c6cccc7oc8ccc9ccccc9c8c67)cc5)n4)c3)ccc21. The van der Waals surface area contributed by atoms with Crippen molar-refractivity contribution in [3.05, 3.63) is 162 Å². The molecular formula is C46H31N5O2. The van der Waals surface area contributed by atoms with Crippen molar-refractivity contribution in [3.63, 3.8) is 0 Å². The summed E-state index contributed by atoms with van der Waals surface area (Å²) in [5, 5.41) is 4.59. The zero-order valence-corrected chi connectivity index (χ0v) is 29.0. The topological polar surface area (TPSA) is 78.7 Å². The smallest absolute Gasteiger partial charge is 0.328 e. The summed E-state index contributed by atoms with van der Waals surface area (Å²) in [5.74, 6) is 1.77. The van der Waals surface area contributed by atoms with Crippen LogP contribution in [0.15, 0.2) is 161 Å². The van der Waals surface area contributed by atoms with Gasteiger partial charge in [-0.1, -0.05) is 121 Å². The molecule has 3 heterocycles. The van der Waals surface area contributed by atoms with Crippen molar-refractivity contribution in [1.29, 1.82) is 0 Å². The van der Waals surface area contributed by atoms with Gasteiger partial charge < -0.3 is 4.42 Å². The van der Waals surface area contributed by atoms with Gasteiger partial charge in [0.2, 0.25) is 0 Å². The van der Waals surface area contributed by atoms with Crippen LogP contribution in [0.4, 0.5) is 0 Å². The van der Waals surface area contributed by atoms with Gasteiger partial charge in [-0.25, -0.2) is 19.7 Å². The lowest BCUT2D eigenvalue weighted by Crippen LogP contribution is -2.19. The van der Waals surface area contributed by atoms with E-state index in [1.165, 1.54) is 10.8 Å². The van der Waals surface area contributed by atoms with Crippen LogP contribution >= 0.6 is 0 Å². The third-order valence-corrected chi connectivity index (χ3v) is 10.2.